The van der Waals surface area contributed by atoms with Crippen molar-refractivity contribution in [2.75, 3.05) is 0 Å². The summed E-state index contributed by atoms with van der Waals surface area (Å²) in [5, 5.41) is 20.9. The van der Waals surface area contributed by atoms with Gasteiger partial charge in [-0.2, -0.15) is 0 Å². The van der Waals surface area contributed by atoms with Crippen LogP contribution in [0.15, 0.2) is 183 Å². The molecule has 0 amide bonds. The van der Waals surface area contributed by atoms with Crippen LogP contribution in [0.25, 0.3) is 0 Å². The molecule has 1 aliphatic rings. The summed E-state index contributed by atoms with van der Waals surface area (Å²) in [7, 11) is -12.2. The highest BCUT2D eigenvalue weighted by atomic mass is 31.3. The van der Waals surface area contributed by atoms with E-state index in [0.29, 0.717) is 28.7 Å². The van der Waals surface area contributed by atoms with Crippen LogP contribution in [0.5, 0.6) is 46.0 Å². The molecule has 2 N–H and O–H groups in total. The number of hydrogen-bond donors (Lipinski definition) is 2. The third kappa shape index (κ3) is 8.16. The monoisotopic (exact) mass is 725 g/mol. The third-order valence-electron chi connectivity index (χ3n) is 6.62. The molecule has 6 aromatic carbocycles. The van der Waals surface area contributed by atoms with Crippen molar-refractivity contribution >= 4 is 23.0 Å². The van der Waals surface area contributed by atoms with E-state index in [-0.39, 0.29) is 17.2 Å². The molecule has 0 bridgehead atoms. The molecular weight excluding hydrogens is 695 g/mol. The summed E-state index contributed by atoms with van der Waals surface area (Å²) in [6.07, 6.45) is 0. The zero-order valence-corrected chi connectivity index (χ0v) is 28.9. The van der Waals surface area contributed by atoms with E-state index in [1.54, 1.807) is 121 Å². The van der Waals surface area contributed by atoms with Crippen LogP contribution in [-0.4, -0.2) is 10.2 Å². The Balaban J connectivity index is 1.57. The standard InChI is InChI=1S/C36H30N3O8P3/c40-29-26-30(41)28-36(27-29)47-50(46-35-24-14-5-15-25-35)38-48(42-31-16-6-1-7-17-31,43-32-18-8-2-9-19-32)37-49(39-50,44-33-20-10-3-11-21-33)45-34-22-12-4-13-23-34/h1-28,40-41H. The lowest BCUT2D eigenvalue weighted by molar-refractivity contribution is 0.432. The zero-order chi connectivity index (χ0) is 34.3. The molecule has 1 heterocycles. The van der Waals surface area contributed by atoms with E-state index < -0.39 is 23.0 Å². The van der Waals surface area contributed by atoms with Crippen LogP contribution in [0.4, 0.5) is 0 Å². The van der Waals surface area contributed by atoms with Crippen molar-refractivity contribution < 1.29 is 37.4 Å². The van der Waals surface area contributed by atoms with Crippen molar-refractivity contribution in [2.45, 2.75) is 0 Å². The van der Waals surface area contributed by atoms with Crippen LogP contribution in [0, 0.1) is 0 Å². The summed E-state index contributed by atoms with van der Waals surface area (Å²) in [5.41, 5.74) is 0. The molecule has 6 aromatic rings. The number of nitrogens with zero attached hydrogens (tertiary/aromatic N) is 3. The van der Waals surface area contributed by atoms with Gasteiger partial charge < -0.3 is 37.4 Å². The first kappa shape index (κ1) is 32.9. The molecule has 0 saturated carbocycles. The van der Waals surface area contributed by atoms with Crippen molar-refractivity contribution in [3.05, 3.63) is 170 Å². The molecule has 14 heteroatoms. The lowest BCUT2D eigenvalue weighted by atomic mass is 10.3. The Labute approximate surface area is 289 Å². The maximum absolute atomic E-state index is 10.4. The van der Waals surface area contributed by atoms with E-state index in [4.69, 9.17) is 40.7 Å². The van der Waals surface area contributed by atoms with Crippen molar-refractivity contribution in [3.63, 3.8) is 0 Å². The largest absolute Gasteiger partial charge is 0.508 e. The van der Waals surface area contributed by atoms with Gasteiger partial charge in [0.15, 0.2) is 0 Å². The Morgan fingerprint density at radius 1 is 0.300 bits per heavy atom. The van der Waals surface area contributed by atoms with Gasteiger partial charge in [0.05, 0.1) is 0 Å². The topological polar surface area (TPSA) is 133 Å². The molecule has 0 aliphatic carbocycles. The predicted molar refractivity (Wildman–Crippen MR) is 194 cm³/mol. The van der Waals surface area contributed by atoms with Gasteiger partial charge in [-0.1, -0.05) is 105 Å². The zero-order valence-electron chi connectivity index (χ0n) is 26.2. The summed E-state index contributed by atoms with van der Waals surface area (Å²) in [6.45, 7) is 0. The molecule has 1 atom stereocenters. The van der Waals surface area contributed by atoms with Crippen molar-refractivity contribution in [1.82, 2.24) is 0 Å². The molecule has 1 unspecified atom stereocenters. The van der Waals surface area contributed by atoms with Crippen LogP contribution in [0.3, 0.4) is 0 Å². The Kier molecular flexibility index (Phi) is 9.54. The van der Waals surface area contributed by atoms with Crippen LogP contribution in [-0.2, 0) is 0 Å². The van der Waals surface area contributed by atoms with Crippen LogP contribution < -0.4 is 27.1 Å². The molecule has 0 saturated heterocycles. The van der Waals surface area contributed by atoms with Gasteiger partial charge in [0.2, 0.25) is 0 Å². The highest BCUT2D eigenvalue weighted by Crippen LogP contribution is 2.78. The number of para-hydroxylation sites is 5. The summed E-state index contributed by atoms with van der Waals surface area (Å²) in [4.78, 5) is 0. The lowest BCUT2D eigenvalue weighted by Gasteiger charge is -2.33. The Morgan fingerprint density at radius 3 is 0.760 bits per heavy atom. The van der Waals surface area contributed by atoms with Gasteiger partial charge in [-0.05, 0) is 60.7 Å². The van der Waals surface area contributed by atoms with Gasteiger partial charge in [-0.3, -0.25) is 0 Å². The first-order chi connectivity index (χ1) is 24.4. The minimum absolute atomic E-state index is 0.00351. The summed E-state index contributed by atoms with van der Waals surface area (Å²) in [5.74, 6) is 1.36. The second-order valence-corrected chi connectivity index (χ2v) is 16.7. The highest BCUT2D eigenvalue weighted by Gasteiger charge is 2.49. The fraction of sp³-hybridized carbons (Fsp3) is 0. The Bertz CT molecular complexity index is 2030. The Hall–Kier alpha value is -5.59. The average molecular weight is 726 g/mol. The predicted octanol–water partition coefficient (Wildman–Crippen LogP) is 11.7. The number of benzene rings is 6. The van der Waals surface area contributed by atoms with E-state index in [1.165, 1.54) is 18.2 Å². The highest BCUT2D eigenvalue weighted by molar-refractivity contribution is 7.79. The molecule has 0 aromatic heterocycles. The van der Waals surface area contributed by atoms with Gasteiger partial charge in [0, 0.05) is 18.2 Å². The first-order valence-electron chi connectivity index (χ1n) is 15.3. The van der Waals surface area contributed by atoms with Crippen LogP contribution >= 0.6 is 23.0 Å². The van der Waals surface area contributed by atoms with Gasteiger partial charge >= 0.3 is 23.0 Å². The number of phenols is 2. The van der Waals surface area contributed by atoms with E-state index in [0.717, 1.165) is 0 Å². The molecule has 252 valence electrons. The normalized spacial score (nSPS) is 17.0. The van der Waals surface area contributed by atoms with E-state index >= 15 is 0 Å². The maximum atomic E-state index is 10.4. The van der Waals surface area contributed by atoms with E-state index in [1.807, 2.05) is 30.3 Å². The SMILES string of the molecule is Oc1cc(O)cc(OP2(Oc3ccccc3)=NP(Oc3ccccc3)(Oc3ccccc3)=NP(Oc3ccccc3)(Oc3ccccc3)=N2)c1. The smallest absolute Gasteiger partial charge is 0.460 e. The average Bonchev–Trinajstić information content (AvgIpc) is 3.09. The minimum Gasteiger partial charge on any atom is -0.508 e. The van der Waals surface area contributed by atoms with Crippen molar-refractivity contribution in [1.29, 1.82) is 0 Å². The van der Waals surface area contributed by atoms with Gasteiger partial charge in [-0.15, -0.1) is 0 Å². The Morgan fingerprint density at radius 2 is 0.520 bits per heavy atom. The number of rotatable bonds is 12. The second-order valence-electron chi connectivity index (χ2n) is 10.5. The molecule has 0 radical (unpaired) electrons. The van der Waals surface area contributed by atoms with Gasteiger partial charge in [0.25, 0.3) is 0 Å². The third-order valence-corrected chi connectivity index (χ3v) is 14.7. The van der Waals surface area contributed by atoms with Gasteiger partial charge in [0.1, 0.15) is 46.0 Å². The summed E-state index contributed by atoms with van der Waals surface area (Å²) < 4.78 is 55.2. The fourth-order valence-corrected chi connectivity index (χ4v) is 13.7. The van der Waals surface area contributed by atoms with Crippen LogP contribution in [0.2, 0.25) is 0 Å². The van der Waals surface area contributed by atoms with Gasteiger partial charge in [-0.25, -0.2) is 0 Å². The first-order valence-corrected chi connectivity index (χ1v) is 19.8. The fourth-order valence-electron chi connectivity index (χ4n) is 4.61. The summed E-state index contributed by atoms with van der Waals surface area (Å²) >= 11 is 0. The van der Waals surface area contributed by atoms with Crippen molar-refractivity contribution in [3.8, 4) is 46.0 Å². The summed E-state index contributed by atoms with van der Waals surface area (Å²) in [6, 6.07) is 48.4. The maximum Gasteiger partial charge on any atom is 0.460 e. The molecule has 7 rings (SSSR count). The number of hydrogen-bond acceptors (Lipinski definition) is 11. The second kappa shape index (κ2) is 14.5. The van der Waals surface area contributed by atoms with Crippen molar-refractivity contribution in [2.24, 2.45) is 13.5 Å². The minimum atomic E-state index is -4.13. The molecular formula is C36H30N3O8P3. The molecule has 1 aliphatic heterocycles. The molecule has 0 fully saturated rings. The number of phenolic OH excluding ortho intramolecular Hbond substituents is 2. The lowest BCUT2D eigenvalue weighted by Crippen LogP contribution is -2.11. The molecule has 11 nitrogen and oxygen atoms in total. The number of aromatic hydroxyl groups is 2. The van der Waals surface area contributed by atoms with Crippen LogP contribution in [0.1, 0.15) is 0 Å². The van der Waals surface area contributed by atoms with E-state index in [9.17, 15) is 10.2 Å². The molecule has 0 spiro atoms. The quantitative estimate of drug-likeness (QED) is 0.119. The molecule has 50 heavy (non-hydrogen) atoms. The van der Waals surface area contributed by atoms with E-state index in [2.05, 4.69) is 0 Å².